The summed E-state index contributed by atoms with van der Waals surface area (Å²) in [7, 11) is 1.31. The Morgan fingerprint density at radius 3 is 2.84 bits per heavy atom. The molecule has 0 saturated carbocycles. The first-order valence-electron chi connectivity index (χ1n) is 6.92. The fourth-order valence-corrected chi connectivity index (χ4v) is 2.68. The van der Waals surface area contributed by atoms with E-state index in [9.17, 15) is 13.6 Å². The molecule has 1 amide bonds. The van der Waals surface area contributed by atoms with Gasteiger partial charge in [-0.2, -0.15) is 13.9 Å². The second-order valence-electron chi connectivity index (χ2n) is 4.75. The maximum absolute atomic E-state index is 12.4. The number of fused-ring (bicyclic) bond motifs is 1. The molecule has 7 nitrogen and oxygen atoms in total. The van der Waals surface area contributed by atoms with E-state index in [1.54, 1.807) is 18.5 Å². The number of nitrogens with one attached hydrogen (secondary N) is 1. The van der Waals surface area contributed by atoms with Gasteiger partial charge in [0.2, 0.25) is 0 Å². The molecule has 0 bridgehead atoms. The molecule has 1 N–H and O–H groups in total. The minimum absolute atomic E-state index is 0.0637. The summed E-state index contributed by atoms with van der Waals surface area (Å²) >= 11 is 3.30. The highest BCUT2D eigenvalue weighted by Gasteiger charge is 2.19. The summed E-state index contributed by atoms with van der Waals surface area (Å²) < 4.78 is 35.9. The predicted octanol–water partition coefficient (Wildman–Crippen LogP) is 3.35. The van der Waals surface area contributed by atoms with E-state index in [1.165, 1.54) is 29.8 Å². The van der Waals surface area contributed by atoms with Crippen molar-refractivity contribution in [1.82, 2.24) is 14.6 Å². The molecule has 0 saturated heterocycles. The lowest BCUT2D eigenvalue weighted by molar-refractivity contribution is -0.0512. The van der Waals surface area contributed by atoms with Crippen LogP contribution in [0.2, 0.25) is 0 Å². The largest absolute Gasteiger partial charge is 0.493 e. The van der Waals surface area contributed by atoms with Crippen LogP contribution in [0.3, 0.4) is 0 Å². The van der Waals surface area contributed by atoms with Crippen LogP contribution in [0.5, 0.6) is 11.5 Å². The number of alkyl halides is 2. The number of amides is 1. The number of aromatic nitrogens is 3. The van der Waals surface area contributed by atoms with Crippen molar-refractivity contribution < 1.29 is 23.0 Å². The molecule has 0 unspecified atom stereocenters. The van der Waals surface area contributed by atoms with Crippen molar-refractivity contribution in [3.05, 3.63) is 46.8 Å². The van der Waals surface area contributed by atoms with Gasteiger partial charge in [-0.3, -0.25) is 4.79 Å². The van der Waals surface area contributed by atoms with Gasteiger partial charge in [-0.05, 0) is 34.1 Å². The molecule has 0 aliphatic rings. The summed E-state index contributed by atoms with van der Waals surface area (Å²) in [4.78, 5) is 16.6. The van der Waals surface area contributed by atoms with Crippen molar-refractivity contribution in [3.63, 3.8) is 0 Å². The highest BCUT2D eigenvalue weighted by atomic mass is 79.9. The standard InChI is InChI=1S/C15H11BrF2N4O3/c1-24-10-7-8(3-4-9(10)25-15(17)18)20-14(23)12-11(16)13-19-5-2-6-22(13)21-12/h2-7,15H,1H3,(H,20,23). The van der Waals surface area contributed by atoms with Gasteiger partial charge in [0.05, 0.1) is 11.6 Å². The van der Waals surface area contributed by atoms with Gasteiger partial charge in [-0.15, -0.1) is 0 Å². The van der Waals surface area contributed by atoms with Gasteiger partial charge in [0.25, 0.3) is 5.91 Å². The number of ether oxygens (including phenoxy) is 2. The molecular weight excluding hydrogens is 402 g/mol. The Kier molecular flexibility index (Phi) is 4.79. The van der Waals surface area contributed by atoms with Crippen molar-refractivity contribution >= 4 is 33.2 Å². The van der Waals surface area contributed by atoms with Crippen molar-refractivity contribution in [2.75, 3.05) is 12.4 Å². The third kappa shape index (κ3) is 3.53. The minimum atomic E-state index is -2.98. The molecular formula is C15H11BrF2N4O3. The summed E-state index contributed by atoms with van der Waals surface area (Å²) in [5.41, 5.74) is 0.955. The molecule has 0 spiro atoms. The van der Waals surface area contributed by atoms with E-state index in [0.717, 1.165) is 0 Å². The molecule has 10 heteroatoms. The minimum Gasteiger partial charge on any atom is -0.493 e. The Bertz CT molecular complexity index is 932. The molecule has 2 aromatic heterocycles. The number of anilines is 1. The molecule has 130 valence electrons. The van der Waals surface area contributed by atoms with E-state index in [2.05, 4.69) is 36.1 Å². The summed E-state index contributed by atoms with van der Waals surface area (Å²) in [5.74, 6) is -0.565. The predicted molar refractivity (Wildman–Crippen MR) is 88.3 cm³/mol. The van der Waals surface area contributed by atoms with Crippen LogP contribution in [-0.2, 0) is 0 Å². The normalized spacial score (nSPS) is 10.9. The summed E-state index contributed by atoms with van der Waals surface area (Å²) in [6, 6.07) is 5.75. The van der Waals surface area contributed by atoms with Gasteiger partial charge in [0.15, 0.2) is 22.8 Å². The Morgan fingerprint density at radius 2 is 2.16 bits per heavy atom. The highest BCUT2D eigenvalue weighted by molar-refractivity contribution is 9.10. The van der Waals surface area contributed by atoms with E-state index >= 15 is 0 Å². The van der Waals surface area contributed by atoms with Crippen LogP contribution in [-0.4, -0.2) is 34.2 Å². The van der Waals surface area contributed by atoms with E-state index in [1.807, 2.05) is 0 Å². The van der Waals surface area contributed by atoms with Crippen molar-refractivity contribution in [2.24, 2.45) is 0 Å². The Morgan fingerprint density at radius 1 is 1.36 bits per heavy atom. The summed E-state index contributed by atoms with van der Waals surface area (Å²) in [6.45, 7) is -2.98. The second kappa shape index (κ2) is 7.01. The Hall–Kier alpha value is -2.75. The number of carbonyl (C=O) groups excluding carboxylic acids is 1. The lowest BCUT2D eigenvalue weighted by atomic mass is 10.2. The van der Waals surface area contributed by atoms with Gasteiger partial charge >= 0.3 is 6.61 Å². The van der Waals surface area contributed by atoms with E-state index in [-0.39, 0.29) is 17.2 Å². The smallest absolute Gasteiger partial charge is 0.387 e. The number of hydrogen-bond acceptors (Lipinski definition) is 5. The third-order valence-corrected chi connectivity index (χ3v) is 3.92. The molecule has 0 atom stereocenters. The van der Waals surface area contributed by atoms with E-state index in [4.69, 9.17) is 4.74 Å². The summed E-state index contributed by atoms with van der Waals surface area (Å²) in [6.07, 6.45) is 3.24. The van der Waals surface area contributed by atoms with Gasteiger partial charge in [0.1, 0.15) is 0 Å². The number of rotatable bonds is 5. The molecule has 0 aliphatic heterocycles. The number of nitrogens with zero attached hydrogens (tertiary/aromatic N) is 3. The van der Waals surface area contributed by atoms with Crippen LogP contribution in [0.25, 0.3) is 5.65 Å². The maximum atomic E-state index is 12.4. The molecule has 3 rings (SSSR count). The highest BCUT2D eigenvalue weighted by Crippen LogP contribution is 2.32. The van der Waals surface area contributed by atoms with Crippen LogP contribution in [0, 0.1) is 0 Å². The zero-order valence-electron chi connectivity index (χ0n) is 12.7. The van der Waals surface area contributed by atoms with Crippen molar-refractivity contribution in [2.45, 2.75) is 6.61 Å². The molecule has 0 fully saturated rings. The van der Waals surface area contributed by atoms with E-state index < -0.39 is 12.5 Å². The zero-order chi connectivity index (χ0) is 18.0. The second-order valence-corrected chi connectivity index (χ2v) is 5.54. The molecule has 25 heavy (non-hydrogen) atoms. The zero-order valence-corrected chi connectivity index (χ0v) is 14.3. The average molecular weight is 413 g/mol. The van der Waals surface area contributed by atoms with Gasteiger partial charge in [0, 0.05) is 24.1 Å². The first kappa shape index (κ1) is 17.1. The van der Waals surface area contributed by atoms with Gasteiger partial charge in [-0.1, -0.05) is 0 Å². The van der Waals surface area contributed by atoms with Gasteiger partial charge in [-0.25, -0.2) is 9.50 Å². The lowest BCUT2D eigenvalue weighted by Crippen LogP contribution is -2.13. The Balaban J connectivity index is 1.86. The first-order chi connectivity index (χ1) is 12.0. The average Bonchev–Trinajstić information content (AvgIpc) is 2.93. The molecule has 3 aromatic rings. The van der Waals surface area contributed by atoms with Crippen molar-refractivity contribution in [3.8, 4) is 11.5 Å². The monoisotopic (exact) mass is 412 g/mol. The molecule has 2 heterocycles. The van der Waals surface area contributed by atoms with E-state index in [0.29, 0.717) is 15.8 Å². The van der Waals surface area contributed by atoms with Crippen LogP contribution in [0.1, 0.15) is 10.5 Å². The first-order valence-corrected chi connectivity index (χ1v) is 7.72. The fourth-order valence-electron chi connectivity index (χ4n) is 2.13. The number of methoxy groups -OCH3 is 1. The topological polar surface area (TPSA) is 77.8 Å². The van der Waals surface area contributed by atoms with Crippen molar-refractivity contribution in [1.29, 1.82) is 0 Å². The quantitative estimate of drug-likeness (QED) is 0.694. The van der Waals surface area contributed by atoms with Crippen LogP contribution < -0.4 is 14.8 Å². The molecule has 0 radical (unpaired) electrons. The number of carbonyl (C=O) groups is 1. The van der Waals surface area contributed by atoms with Crippen LogP contribution in [0.15, 0.2) is 41.1 Å². The lowest BCUT2D eigenvalue weighted by Gasteiger charge is -2.11. The van der Waals surface area contributed by atoms with Crippen LogP contribution >= 0.6 is 15.9 Å². The van der Waals surface area contributed by atoms with Gasteiger partial charge < -0.3 is 14.8 Å². The number of hydrogen-bond donors (Lipinski definition) is 1. The third-order valence-electron chi connectivity index (χ3n) is 3.19. The maximum Gasteiger partial charge on any atom is 0.387 e. The number of benzene rings is 1. The Labute approximate surface area is 148 Å². The molecule has 0 aliphatic carbocycles. The number of halogens is 3. The SMILES string of the molecule is COc1cc(NC(=O)c2nn3cccnc3c2Br)ccc1OC(F)F. The summed E-state index contributed by atoms with van der Waals surface area (Å²) in [5, 5.41) is 6.77. The molecule has 1 aromatic carbocycles. The van der Waals surface area contributed by atoms with Crippen LogP contribution in [0.4, 0.5) is 14.5 Å². The fraction of sp³-hybridized carbons (Fsp3) is 0.133.